The third-order valence-electron chi connectivity index (χ3n) is 3.12. The van der Waals surface area contributed by atoms with Crippen LogP contribution in [0.5, 0.6) is 0 Å². The Hall–Kier alpha value is -4.56. The van der Waals surface area contributed by atoms with Crippen LogP contribution in [0.25, 0.3) is 0 Å². The van der Waals surface area contributed by atoms with E-state index < -0.39 is 96.1 Å². The van der Waals surface area contributed by atoms with Crippen molar-refractivity contribution in [3.05, 3.63) is 0 Å². The Morgan fingerprint density at radius 1 is 0.250 bits per heavy atom. The number of hydrogen-bond donors (Lipinski definition) is 16. The van der Waals surface area contributed by atoms with Gasteiger partial charge >= 0.3 is 47.8 Å². The Morgan fingerprint density at radius 3 is 0.271 bits per heavy atom. The van der Waals surface area contributed by atoms with Crippen molar-refractivity contribution in [2.45, 2.75) is 104 Å². The molecule has 8 atom stereocenters. The smallest absolute Gasteiger partial charge is 0.320 e. The minimum absolute atomic E-state index is 0.731. The van der Waals surface area contributed by atoms with E-state index in [-0.39, 0.29) is 0 Å². The second kappa shape index (κ2) is 38.6. The summed E-state index contributed by atoms with van der Waals surface area (Å²) in [5.41, 5.74) is 38.7. The van der Waals surface area contributed by atoms with Crippen LogP contribution in [0.15, 0.2) is 0 Å². The van der Waals surface area contributed by atoms with Crippen LogP contribution in [0, 0.1) is 0 Å². The average molecular weight is 713 g/mol. The molecule has 24 N–H and O–H groups in total. The molecule has 0 radical (unpaired) electrons. The number of carbonyl (C=O) groups is 8. The molecule has 0 aromatic rings. The lowest BCUT2D eigenvalue weighted by atomic mass is 10.4. The highest BCUT2D eigenvalue weighted by atomic mass is 16.4. The molecule has 0 rings (SSSR count). The zero-order chi connectivity index (χ0) is 41.2. The SMILES string of the molecule is C[C@H](N)C(=O)O.C[C@H](N)C(=O)O.C[C@H](N)C(=O)O.C[C@H](N)C(=O)O.C[C@H](N)C(=O)O.C[C@H](N)C(=O)O.C[C@H](N)C(=O)O.C[C@H](N)C(=O)O. The summed E-state index contributed by atoms with van der Waals surface area (Å²) in [6.45, 7) is 11.4. The highest BCUT2D eigenvalue weighted by Crippen LogP contribution is 1.71. The van der Waals surface area contributed by atoms with Gasteiger partial charge in [-0.1, -0.05) is 0 Å². The van der Waals surface area contributed by atoms with E-state index in [0.29, 0.717) is 0 Å². The summed E-state index contributed by atoms with van der Waals surface area (Å²) < 4.78 is 0. The van der Waals surface area contributed by atoms with E-state index in [0.717, 1.165) is 0 Å². The van der Waals surface area contributed by atoms with Gasteiger partial charge in [-0.05, 0) is 55.4 Å². The first-order valence-corrected chi connectivity index (χ1v) is 13.0. The van der Waals surface area contributed by atoms with Crippen LogP contribution in [-0.2, 0) is 38.4 Å². The summed E-state index contributed by atoms with van der Waals surface area (Å²) in [7, 11) is 0. The largest absolute Gasteiger partial charge is 0.480 e. The van der Waals surface area contributed by atoms with E-state index in [2.05, 4.69) is 0 Å². The Balaban J connectivity index is -0.0000000635. The predicted octanol–water partition coefficient (Wildman–Crippen LogP) is -4.65. The zero-order valence-electron chi connectivity index (χ0n) is 28.1. The Labute approximate surface area is 277 Å². The van der Waals surface area contributed by atoms with Gasteiger partial charge in [-0.3, -0.25) is 38.4 Å². The average Bonchev–Trinajstić information content (AvgIpc) is 2.90. The summed E-state index contributed by atoms with van der Waals surface area (Å²) in [6.07, 6.45) is 0. The molecule has 0 aliphatic rings. The van der Waals surface area contributed by atoms with Gasteiger partial charge in [0, 0.05) is 0 Å². The highest BCUT2D eigenvalue weighted by molar-refractivity contribution is 5.74. The summed E-state index contributed by atoms with van der Waals surface area (Å²) in [5, 5.41) is 62.9. The molecule has 0 amide bonds. The van der Waals surface area contributed by atoms with Crippen LogP contribution >= 0.6 is 0 Å². The van der Waals surface area contributed by atoms with Gasteiger partial charge in [-0.2, -0.15) is 0 Å². The molecule has 0 aromatic carbocycles. The van der Waals surface area contributed by atoms with E-state index in [4.69, 9.17) is 86.7 Å². The van der Waals surface area contributed by atoms with E-state index in [1.165, 1.54) is 55.4 Å². The van der Waals surface area contributed by atoms with Crippen molar-refractivity contribution in [1.29, 1.82) is 0 Å². The molecular formula is C24H56N8O16. The first kappa shape index (κ1) is 62.3. The van der Waals surface area contributed by atoms with Gasteiger partial charge in [0.15, 0.2) is 0 Å². The Morgan fingerprint density at radius 2 is 0.271 bits per heavy atom. The van der Waals surface area contributed by atoms with Crippen LogP contribution < -0.4 is 45.9 Å². The van der Waals surface area contributed by atoms with Crippen molar-refractivity contribution in [3.8, 4) is 0 Å². The lowest BCUT2D eigenvalue weighted by Gasteiger charge is -1.90. The molecule has 0 unspecified atom stereocenters. The topological polar surface area (TPSA) is 507 Å². The molecular weight excluding hydrogens is 656 g/mol. The third-order valence-corrected chi connectivity index (χ3v) is 3.12. The fraction of sp³-hybridized carbons (Fsp3) is 0.667. The van der Waals surface area contributed by atoms with Gasteiger partial charge in [-0.25, -0.2) is 0 Å². The molecule has 0 saturated carbocycles. The quantitative estimate of drug-likeness (QED) is 0.112. The minimum atomic E-state index is -0.963. The van der Waals surface area contributed by atoms with Gasteiger partial charge < -0.3 is 86.7 Å². The van der Waals surface area contributed by atoms with Crippen LogP contribution in [-0.4, -0.2) is 137 Å². The van der Waals surface area contributed by atoms with E-state index in [1.54, 1.807) is 0 Å². The van der Waals surface area contributed by atoms with Crippen molar-refractivity contribution in [2.24, 2.45) is 45.9 Å². The van der Waals surface area contributed by atoms with Gasteiger partial charge in [0.05, 0.1) is 0 Å². The number of aliphatic carboxylic acids is 8. The standard InChI is InChI=1S/8C3H7NO2/c8*1-2(4)3(5)6/h8*2H,4H2,1H3,(H,5,6)/t8*2-/m00000000/s1. The van der Waals surface area contributed by atoms with Crippen molar-refractivity contribution in [1.82, 2.24) is 0 Å². The van der Waals surface area contributed by atoms with Gasteiger partial charge in [0.25, 0.3) is 0 Å². The van der Waals surface area contributed by atoms with Crippen molar-refractivity contribution in [2.75, 3.05) is 0 Å². The van der Waals surface area contributed by atoms with Crippen LogP contribution in [0.1, 0.15) is 55.4 Å². The molecule has 0 fully saturated rings. The van der Waals surface area contributed by atoms with Gasteiger partial charge in [-0.15, -0.1) is 0 Å². The maximum absolute atomic E-state index is 9.57. The molecule has 0 saturated heterocycles. The summed E-state index contributed by atoms with van der Waals surface area (Å²) in [5.74, 6) is -7.70. The molecule has 0 aliphatic heterocycles. The second-order valence-corrected chi connectivity index (χ2v) is 9.02. The maximum Gasteiger partial charge on any atom is 0.320 e. The number of nitrogens with two attached hydrogens (primary N) is 8. The third kappa shape index (κ3) is 90.0. The maximum atomic E-state index is 9.57. The molecule has 0 bridgehead atoms. The number of rotatable bonds is 8. The molecule has 0 heterocycles. The van der Waals surface area contributed by atoms with Crippen LogP contribution in [0.4, 0.5) is 0 Å². The number of hydrogen-bond acceptors (Lipinski definition) is 16. The molecule has 288 valence electrons. The normalized spacial score (nSPS) is 13.7. The summed E-state index contributed by atoms with van der Waals surface area (Å²) in [6, 6.07) is -5.85. The first-order valence-electron chi connectivity index (χ1n) is 13.0. The monoisotopic (exact) mass is 712 g/mol. The van der Waals surface area contributed by atoms with Crippen molar-refractivity contribution >= 4 is 47.8 Å². The predicted molar refractivity (Wildman–Crippen MR) is 170 cm³/mol. The fourth-order valence-corrected chi connectivity index (χ4v) is 0. The number of carboxylic acid groups (broad SMARTS) is 8. The minimum Gasteiger partial charge on any atom is -0.480 e. The summed E-state index contributed by atoms with van der Waals surface area (Å²) >= 11 is 0. The Bertz CT molecular complexity index is 695. The van der Waals surface area contributed by atoms with Crippen LogP contribution in [0.3, 0.4) is 0 Å². The van der Waals surface area contributed by atoms with Crippen molar-refractivity contribution < 1.29 is 79.2 Å². The second-order valence-electron chi connectivity index (χ2n) is 9.02. The molecule has 0 aromatic heterocycles. The first-order chi connectivity index (χ1) is 21.1. The summed E-state index contributed by atoms with van der Waals surface area (Å²) in [4.78, 5) is 76.6. The van der Waals surface area contributed by atoms with Crippen LogP contribution in [0.2, 0.25) is 0 Å². The van der Waals surface area contributed by atoms with E-state index in [1.807, 2.05) is 0 Å². The molecule has 24 nitrogen and oxygen atoms in total. The number of carboxylic acids is 8. The molecule has 24 heteroatoms. The molecule has 0 aliphatic carbocycles. The van der Waals surface area contributed by atoms with Crippen molar-refractivity contribution in [3.63, 3.8) is 0 Å². The molecule has 48 heavy (non-hydrogen) atoms. The fourth-order valence-electron chi connectivity index (χ4n) is 0. The lowest BCUT2D eigenvalue weighted by molar-refractivity contribution is -0.139. The lowest BCUT2D eigenvalue weighted by Crippen LogP contribution is -2.25. The highest BCUT2D eigenvalue weighted by Gasteiger charge is 2.02. The van der Waals surface area contributed by atoms with Gasteiger partial charge in [0.1, 0.15) is 48.3 Å². The Kier molecular flexibility index (Phi) is 50.1. The van der Waals surface area contributed by atoms with Gasteiger partial charge in [0.2, 0.25) is 0 Å². The van der Waals surface area contributed by atoms with E-state index in [9.17, 15) is 38.4 Å². The zero-order valence-corrected chi connectivity index (χ0v) is 28.1. The van der Waals surface area contributed by atoms with E-state index >= 15 is 0 Å². The molecule has 0 spiro atoms.